The molecule has 1 aromatic rings. The van der Waals surface area contributed by atoms with Crippen molar-refractivity contribution in [2.45, 2.75) is 25.8 Å². The zero-order chi connectivity index (χ0) is 14.2. The van der Waals surface area contributed by atoms with Gasteiger partial charge < -0.3 is 10.4 Å². The summed E-state index contributed by atoms with van der Waals surface area (Å²) in [6.07, 6.45) is 5.15. The van der Waals surface area contributed by atoms with Crippen LogP contribution >= 0.6 is 0 Å². The van der Waals surface area contributed by atoms with Gasteiger partial charge in [-0.05, 0) is 49.9 Å². The first-order valence-electron chi connectivity index (χ1n) is 7.59. The zero-order valence-corrected chi connectivity index (χ0v) is 12.2. The van der Waals surface area contributed by atoms with Crippen LogP contribution in [0.25, 0.3) is 0 Å². The molecule has 1 heterocycles. The molecule has 0 amide bonds. The van der Waals surface area contributed by atoms with Crippen LogP contribution in [0.15, 0.2) is 36.9 Å². The molecular weight excluding hydrogens is 248 g/mol. The minimum Gasteiger partial charge on any atom is -0.396 e. The smallest absolute Gasteiger partial charge is 0.0460 e. The highest BCUT2D eigenvalue weighted by Gasteiger charge is 2.18. The number of anilines is 1. The average Bonchev–Trinajstić information content (AvgIpc) is 2.50. The Balaban J connectivity index is 1.90. The Morgan fingerprint density at radius 3 is 2.75 bits per heavy atom. The van der Waals surface area contributed by atoms with Gasteiger partial charge in [0.25, 0.3) is 0 Å². The summed E-state index contributed by atoms with van der Waals surface area (Å²) in [7, 11) is 0. The quantitative estimate of drug-likeness (QED) is 0.593. The number of aliphatic hydroxyl groups is 1. The van der Waals surface area contributed by atoms with Crippen molar-refractivity contribution in [2.24, 2.45) is 5.92 Å². The van der Waals surface area contributed by atoms with Crippen LogP contribution in [0.3, 0.4) is 0 Å². The molecule has 0 saturated carbocycles. The number of nitrogens with zero attached hydrogens (tertiary/aromatic N) is 1. The Hall–Kier alpha value is -1.32. The van der Waals surface area contributed by atoms with Crippen LogP contribution in [-0.2, 0) is 6.54 Å². The largest absolute Gasteiger partial charge is 0.396 e. The van der Waals surface area contributed by atoms with E-state index >= 15 is 0 Å². The van der Waals surface area contributed by atoms with Crippen molar-refractivity contribution in [1.29, 1.82) is 0 Å². The lowest BCUT2D eigenvalue weighted by Crippen LogP contribution is -2.34. The predicted octanol–water partition coefficient (Wildman–Crippen LogP) is 2.88. The van der Waals surface area contributed by atoms with E-state index in [0.29, 0.717) is 12.5 Å². The van der Waals surface area contributed by atoms with Gasteiger partial charge in [0, 0.05) is 25.4 Å². The van der Waals surface area contributed by atoms with Crippen molar-refractivity contribution in [2.75, 3.05) is 31.6 Å². The van der Waals surface area contributed by atoms with Gasteiger partial charge in [0.05, 0.1) is 0 Å². The predicted molar refractivity (Wildman–Crippen MR) is 84.8 cm³/mol. The molecule has 0 unspecified atom stereocenters. The fourth-order valence-electron chi connectivity index (χ4n) is 2.71. The number of aliphatic hydroxyl groups excluding tert-OH is 1. The highest BCUT2D eigenvalue weighted by molar-refractivity contribution is 5.51. The third kappa shape index (κ3) is 4.36. The van der Waals surface area contributed by atoms with Crippen molar-refractivity contribution in [3.8, 4) is 0 Å². The Kier molecular flexibility index (Phi) is 6.09. The Morgan fingerprint density at radius 1 is 1.30 bits per heavy atom. The zero-order valence-electron chi connectivity index (χ0n) is 12.2. The molecule has 2 rings (SSSR count). The Labute approximate surface area is 122 Å². The third-order valence-corrected chi connectivity index (χ3v) is 4.04. The molecule has 2 N–H and O–H groups in total. The average molecular weight is 274 g/mol. The molecule has 0 radical (unpaired) electrons. The van der Waals surface area contributed by atoms with E-state index < -0.39 is 0 Å². The Bertz CT molecular complexity index is 411. The number of para-hydroxylation sites is 1. The molecule has 3 heteroatoms. The van der Waals surface area contributed by atoms with Gasteiger partial charge >= 0.3 is 0 Å². The summed E-state index contributed by atoms with van der Waals surface area (Å²) in [5.74, 6) is 0.507. The third-order valence-electron chi connectivity index (χ3n) is 4.04. The van der Waals surface area contributed by atoms with Crippen molar-refractivity contribution < 1.29 is 5.11 Å². The van der Waals surface area contributed by atoms with Crippen LogP contribution in [0, 0.1) is 5.92 Å². The fraction of sp³-hybridized carbons (Fsp3) is 0.529. The standard InChI is InChI=1S/C17H26N2O/c1-2-3-10-18-17-7-5-4-6-16(17)13-19-11-8-15(14-20)9-12-19/h2,4-7,15,18,20H,1,3,8-14H2. The van der Waals surface area contributed by atoms with Crippen LogP contribution < -0.4 is 5.32 Å². The number of piperidine rings is 1. The maximum absolute atomic E-state index is 9.20. The number of benzene rings is 1. The molecule has 3 nitrogen and oxygen atoms in total. The fourth-order valence-corrected chi connectivity index (χ4v) is 2.71. The van der Waals surface area contributed by atoms with Gasteiger partial charge in [0.2, 0.25) is 0 Å². The van der Waals surface area contributed by atoms with Crippen LogP contribution in [0.2, 0.25) is 0 Å². The SMILES string of the molecule is C=CCCNc1ccccc1CN1CCC(CO)CC1. The molecule has 1 aliphatic rings. The normalized spacial score (nSPS) is 17.1. The van der Waals surface area contributed by atoms with Crippen molar-refractivity contribution in [3.05, 3.63) is 42.5 Å². The molecule has 0 atom stereocenters. The maximum atomic E-state index is 9.20. The van der Waals surface area contributed by atoms with Gasteiger partial charge in [-0.15, -0.1) is 6.58 Å². The monoisotopic (exact) mass is 274 g/mol. The van der Waals surface area contributed by atoms with E-state index in [9.17, 15) is 5.11 Å². The highest BCUT2D eigenvalue weighted by Crippen LogP contribution is 2.22. The van der Waals surface area contributed by atoms with Crippen LogP contribution in [-0.4, -0.2) is 36.2 Å². The van der Waals surface area contributed by atoms with Crippen molar-refractivity contribution in [3.63, 3.8) is 0 Å². The van der Waals surface area contributed by atoms with Gasteiger partial charge in [-0.3, -0.25) is 4.90 Å². The lowest BCUT2D eigenvalue weighted by molar-refractivity contribution is 0.127. The van der Waals surface area contributed by atoms with Crippen LogP contribution in [0.4, 0.5) is 5.69 Å². The minimum atomic E-state index is 0.341. The summed E-state index contributed by atoms with van der Waals surface area (Å²) >= 11 is 0. The molecule has 1 fully saturated rings. The van der Waals surface area contributed by atoms with E-state index in [2.05, 4.69) is 41.1 Å². The molecule has 1 aromatic carbocycles. The van der Waals surface area contributed by atoms with E-state index in [1.807, 2.05) is 6.08 Å². The van der Waals surface area contributed by atoms with Gasteiger partial charge in [0.15, 0.2) is 0 Å². The number of likely N-dealkylation sites (tertiary alicyclic amines) is 1. The minimum absolute atomic E-state index is 0.341. The summed E-state index contributed by atoms with van der Waals surface area (Å²) in [4.78, 5) is 2.49. The van der Waals surface area contributed by atoms with Crippen LogP contribution in [0.1, 0.15) is 24.8 Å². The van der Waals surface area contributed by atoms with Gasteiger partial charge in [-0.1, -0.05) is 24.3 Å². The number of hydrogen-bond acceptors (Lipinski definition) is 3. The summed E-state index contributed by atoms with van der Waals surface area (Å²) in [6.45, 7) is 8.21. The lowest BCUT2D eigenvalue weighted by Gasteiger charge is -2.31. The maximum Gasteiger partial charge on any atom is 0.0460 e. The van der Waals surface area contributed by atoms with Gasteiger partial charge in [-0.2, -0.15) is 0 Å². The summed E-state index contributed by atoms with van der Waals surface area (Å²) in [5, 5.41) is 12.7. The van der Waals surface area contributed by atoms with E-state index in [1.54, 1.807) is 0 Å². The second-order valence-electron chi connectivity index (χ2n) is 5.56. The van der Waals surface area contributed by atoms with Gasteiger partial charge in [0.1, 0.15) is 0 Å². The number of nitrogens with one attached hydrogen (secondary N) is 1. The molecule has 0 aromatic heterocycles. The summed E-state index contributed by atoms with van der Waals surface area (Å²) < 4.78 is 0. The highest BCUT2D eigenvalue weighted by atomic mass is 16.3. The summed E-state index contributed by atoms with van der Waals surface area (Å²) in [5.41, 5.74) is 2.60. The first-order valence-corrected chi connectivity index (χ1v) is 7.59. The molecular formula is C17H26N2O. The van der Waals surface area contributed by atoms with Gasteiger partial charge in [-0.25, -0.2) is 0 Å². The van der Waals surface area contributed by atoms with Crippen molar-refractivity contribution >= 4 is 5.69 Å². The molecule has 0 aliphatic carbocycles. The first-order chi connectivity index (χ1) is 9.83. The molecule has 0 bridgehead atoms. The molecule has 1 aliphatic heterocycles. The number of rotatable bonds is 7. The number of hydrogen-bond donors (Lipinski definition) is 2. The first kappa shape index (κ1) is 15.1. The second kappa shape index (κ2) is 8.08. The Morgan fingerprint density at radius 2 is 2.05 bits per heavy atom. The summed E-state index contributed by atoms with van der Waals surface area (Å²) in [6, 6.07) is 8.54. The lowest BCUT2D eigenvalue weighted by atomic mass is 9.97. The van der Waals surface area contributed by atoms with E-state index in [-0.39, 0.29) is 0 Å². The molecule has 20 heavy (non-hydrogen) atoms. The van der Waals surface area contributed by atoms with E-state index in [0.717, 1.165) is 45.4 Å². The molecule has 1 saturated heterocycles. The van der Waals surface area contributed by atoms with Crippen molar-refractivity contribution in [1.82, 2.24) is 4.90 Å². The molecule has 110 valence electrons. The van der Waals surface area contributed by atoms with E-state index in [4.69, 9.17) is 0 Å². The van der Waals surface area contributed by atoms with Crippen LogP contribution in [0.5, 0.6) is 0 Å². The second-order valence-corrected chi connectivity index (χ2v) is 5.56. The topological polar surface area (TPSA) is 35.5 Å². The van der Waals surface area contributed by atoms with E-state index in [1.165, 1.54) is 11.3 Å². The molecule has 0 spiro atoms.